The van der Waals surface area contributed by atoms with Crippen molar-refractivity contribution in [1.82, 2.24) is 19.8 Å². The maximum atomic E-state index is 12.6. The number of fused-ring (bicyclic) bond motifs is 1. The third-order valence-electron chi connectivity index (χ3n) is 5.11. The molecule has 7 heteroatoms. The molecule has 3 aromatic rings. The maximum Gasteiger partial charge on any atom is 0.321 e. The largest absolute Gasteiger partial charge is 0.322 e. The molecule has 0 radical (unpaired) electrons. The van der Waals surface area contributed by atoms with Crippen LogP contribution in [0.1, 0.15) is 11.1 Å². The zero-order valence-electron chi connectivity index (χ0n) is 15.7. The molecule has 2 amide bonds. The molecule has 2 heterocycles. The minimum atomic E-state index is -0.0778. The number of piperazine rings is 1. The summed E-state index contributed by atoms with van der Waals surface area (Å²) in [6.07, 6.45) is 3.42. The summed E-state index contributed by atoms with van der Waals surface area (Å²) < 4.78 is 0. The van der Waals surface area contributed by atoms with Gasteiger partial charge in [-0.25, -0.2) is 4.79 Å². The van der Waals surface area contributed by atoms with Crippen LogP contribution in [0.15, 0.2) is 48.8 Å². The lowest BCUT2D eigenvalue weighted by Crippen LogP contribution is -2.49. The maximum absolute atomic E-state index is 12.6. The molecule has 0 aliphatic carbocycles. The smallest absolute Gasteiger partial charge is 0.321 e. The van der Waals surface area contributed by atoms with Crippen LogP contribution in [-0.2, 0) is 6.54 Å². The molecule has 0 unspecified atom stereocenters. The molecule has 1 saturated heterocycles. The van der Waals surface area contributed by atoms with E-state index in [1.54, 1.807) is 12.4 Å². The fourth-order valence-electron chi connectivity index (χ4n) is 3.41. The predicted molar refractivity (Wildman–Crippen MR) is 112 cm³/mol. The van der Waals surface area contributed by atoms with Gasteiger partial charge in [0, 0.05) is 55.8 Å². The standard InChI is InChI=1S/C21H22ClN5O/c1-15-17(22)3-2-4-18(15)25-21(28)27-11-9-26(10-12-27)14-16-5-6-19-20(13-16)24-8-7-23-19/h2-8,13H,9-12,14H2,1H3,(H,25,28). The number of carbonyl (C=O) groups is 1. The second kappa shape index (κ2) is 8.12. The Morgan fingerprint density at radius 3 is 2.61 bits per heavy atom. The van der Waals surface area contributed by atoms with E-state index in [0.29, 0.717) is 18.1 Å². The Hall–Kier alpha value is -2.70. The van der Waals surface area contributed by atoms with E-state index in [2.05, 4.69) is 32.3 Å². The number of aromatic nitrogens is 2. The van der Waals surface area contributed by atoms with Gasteiger partial charge in [0.25, 0.3) is 0 Å². The van der Waals surface area contributed by atoms with Crippen LogP contribution >= 0.6 is 11.6 Å². The molecule has 144 valence electrons. The summed E-state index contributed by atoms with van der Waals surface area (Å²) in [4.78, 5) is 25.5. The highest BCUT2D eigenvalue weighted by molar-refractivity contribution is 6.31. The van der Waals surface area contributed by atoms with Crippen molar-refractivity contribution in [3.63, 3.8) is 0 Å². The van der Waals surface area contributed by atoms with Gasteiger partial charge < -0.3 is 10.2 Å². The third kappa shape index (κ3) is 4.08. The Kier molecular flexibility index (Phi) is 5.41. The van der Waals surface area contributed by atoms with E-state index in [-0.39, 0.29) is 6.03 Å². The van der Waals surface area contributed by atoms with Gasteiger partial charge in [-0.15, -0.1) is 0 Å². The molecule has 1 fully saturated rings. The van der Waals surface area contributed by atoms with E-state index < -0.39 is 0 Å². The van der Waals surface area contributed by atoms with Crippen molar-refractivity contribution in [2.75, 3.05) is 31.5 Å². The number of hydrogen-bond donors (Lipinski definition) is 1. The Bertz CT molecular complexity index is 1000. The van der Waals surface area contributed by atoms with Gasteiger partial charge in [-0.05, 0) is 42.3 Å². The number of hydrogen-bond acceptors (Lipinski definition) is 4. The van der Waals surface area contributed by atoms with Crippen LogP contribution in [0.5, 0.6) is 0 Å². The number of amides is 2. The van der Waals surface area contributed by atoms with Crippen molar-refractivity contribution in [2.24, 2.45) is 0 Å². The van der Waals surface area contributed by atoms with Gasteiger partial charge in [-0.2, -0.15) is 0 Å². The molecule has 6 nitrogen and oxygen atoms in total. The van der Waals surface area contributed by atoms with E-state index >= 15 is 0 Å². The van der Waals surface area contributed by atoms with Gasteiger partial charge in [0.2, 0.25) is 0 Å². The SMILES string of the molecule is Cc1c(Cl)cccc1NC(=O)N1CCN(Cc2ccc3nccnc3c2)CC1. The van der Waals surface area contributed by atoms with Gasteiger partial charge in [-0.1, -0.05) is 23.7 Å². The van der Waals surface area contributed by atoms with Gasteiger partial charge in [-0.3, -0.25) is 14.9 Å². The molecular weight excluding hydrogens is 374 g/mol. The highest BCUT2D eigenvalue weighted by Crippen LogP contribution is 2.23. The monoisotopic (exact) mass is 395 g/mol. The van der Waals surface area contributed by atoms with Gasteiger partial charge in [0.05, 0.1) is 11.0 Å². The first-order valence-corrected chi connectivity index (χ1v) is 9.71. The second-order valence-corrected chi connectivity index (χ2v) is 7.39. The van der Waals surface area contributed by atoms with E-state index in [0.717, 1.165) is 41.9 Å². The number of carbonyl (C=O) groups excluding carboxylic acids is 1. The predicted octanol–water partition coefficient (Wildman–Crippen LogP) is 3.94. The Labute approximate surface area is 169 Å². The number of rotatable bonds is 3. The van der Waals surface area contributed by atoms with Crippen LogP contribution in [0.2, 0.25) is 5.02 Å². The summed E-state index contributed by atoms with van der Waals surface area (Å²) in [5, 5.41) is 3.63. The van der Waals surface area contributed by atoms with Crippen molar-refractivity contribution in [2.45, 2.75) is 13.5 Å². The van der Waals surface area contributed by atoms with Crippen LogP contribution in [-0.4, -0.2) is 52.0 Å². The number of nitrogens with one attached hydrogen (secondary N) is 1. The lowest BCUT2D eigenvalue weighted by atomic mass is 10.1. The van der Waals surface area contributed by atoms with Crippen molar-refractivity contribution >= 4 is 34.4 Å². The summed E-state index contributed by atoms with van der Waals surface area (Å²) in [5.41, 5.74) is 4.67. The number of urea groups is 1. The lowest BCUT2D eigenvalue weighted by molar-refractivity contribution is 0.143. The minimum Gasteiger partial charge on any atom is -0.322 e. The van der Waals surface area contributed by atoms with E-state index in [1.165, 1.54) is 5.56 Å². The molecule has 0 atom stereocenters. The van der Waals surface area contributed by atoms with Crippen LogP contribution in [0.3, 0.4) is 0 Å². The number of nitrogens with zero attached hydrogens (tertiary/aromatic N) is 4. The van der Waals surface area contributed by atoms with E-state index in [4.69, 9.17) is 11.6 Å². The first-order valence-electron chi connectivity index (χ1n) is 9.33. The average molecular weight is 396 g/mol. The summed E-state index contributed by atoms with van der Waals surface area (Å²) >= 11 is 6.14. The molecule has 1 N–H and O–H groups in total. The second-order valence-electron chi connectivity index (χ2n) is 6.99. The molecule has 1 aromatic heterocycles. The molecule has 1 aliphatic heterocycles. The summed E-state index contributed by atoms with van der Waals surface area (Å²) in [6.45, 7) is 5.80. The molecule has 0 bridgehead atoms. The molecular formula is C21H22ClN5O. The van der Waals surface area contributed by atoms with Gasteiger partial charge >= 0.3 is 6.03 Å². The fraction of sp³-hybridized carbons (Fsp3) is 0.286. The third-order valence-corrected chi connectivity index (χ3v) is 5.52. The molecule has 0 saturated carbocycles. The number of benzene rings is 2. The first kappa shape index (κ1) is 18.7. The average Bonchev–Trinajstić information content (AvgIpc) is 2.72. The van der Waals surface area contributed by atoms with E-state index in [9.17, 15) is 4.79 Å². The fourth-order valence-corrected chi connectivity index (χ4v) is 3.59. The molecule has 1 aliphatic rings. The Balaban J connectivity index is 1.33. The minimum absolute atomic E-state index is 0.0778. The van der Waals surface area contributed by atoms with Crippen LogP contribution < -0.4 is 5.32 Å². The first-order chi connectivity index (χ1) is 13.6. The van der Waals surface area contributed by atoms with Gasteiger partial charge in [0.15, 0.2) is 0 Å². The van der Waals surface area contributed by atoms with E-state index in [1.807, 2.05) is 36.1 Å². The lowest BCUT2D eigenvalue weighted by Gasteiger charge is -2.34. The zero-order chi connectivity index (χ0) is 19.5. The van der Waals surface area contributed by atoms with Crippen LogP contribution in [0, 0.1) is 6.92 Å². The summed E-state index contributed by atoms with van der Waals surface area (Å²) in [6, 6.07) is 11.7. The summed E-state index contributed by atoms with van der Waals surface area (Å²) in [7, 11) is 0. The van der Waals surface area contributed by atoms with Gasteiger partial charge in [0.1, 0.15) is 0 Å². The quantitative estimate of drug-likeness (QED) is 0.729. The highest BCUT2D eigenvalue weighted by Gasteiger charge is 2.21. The Morgan fingerprint density at radius 2 is 1.82 bits per heavy atom. The topological polar surface area (TPSA) is 61.4 Å². The Morgan fingerprint density at radius 1 is 1.07 bits per heavy atom. The molecule has 28 heavy (non-hydrogen) atoms. The molecule has 0 spiro atoms. The summed E-state index contributed by atoms with van der Waals surface area (Å²) in [5.74, 6) is 0. The molecule has 2 aromatic carbocycles. The van der Waals surface area contributed by atoms with Crippen LogP contribution in [0.4, 0.5) is 10.5 Å². The number of anilines is 1. The van der Waals surface area contributed by atoms with Crippen molar-refractivity contribution in [3.8, 4) is 0 Å². The van der Waals surface area contributed by atoms with Crippen LogP contribution in [0.25, 0.3) is 11.0 Å². The van der Waals surface area contributed by atoms with Crippen molar-refractivity contribution in [1.29, 1.82) is 0 Å². The normalized spacial score (nSPS) is 15.0. The van der Waals surface area contributed by atoms with Crippen molar-refractivity contribution in [3.05, 3.63) is 64.9 Å². The number of halogens is 1. The highest BCUT2D eigenvalue weighted by atomic mass is 35.5. The van der Waals surface area contributed by atoms with Crippen molar-refractivity contribution < 1.29 is 4.79 Å². The molecule has 4 rings (SSSR count). The zero-order valence-corrected chi connectivity index (χ0v) is 16.5.